The second-order valence-electron chi connectivity index (χ2n) is 15.5. The fraction of sp³-hybridized carbons (Fsp3) is 0.381. The smallest absolute Gasteiger partial charge is 0.253 e. The molecule has 2 aliphatic heterocycles. The highest BCUT2D eigenvalue weighted by atomic mass is 19.1. The summed E-state index contributed by atoms with van der Waals surface area (Å²) >= 11 is 0. The van der Waals surface area contributed by atoms with Gasteiger partial charge in [-0.05, 0) is 76.6 Å². The number of nitrogens with one attached hydrogen (secondary N) is 5. The molecule has 57 heavy (non-hydrogen) atoms. The molecule has 0 spiro atoms. The maximum Gasteiger partial charge on any atom is 0.253 e. The lowest BCUT2D eigenvalue weighted by Gasteiger charge is -2.16. The van der Waals surface area contributed by atoms with Crippen LogP contribution in [0.3, 0.4) is 0 Å². The third kappa shape index (κ3) is 8.08. The number of aryl methyl sites for hydroxylation is 2. The molecule has 2 amide bonds. The Kier molecular flexibility index (Phi) is 10.7. The number of H-pyrrole nitrogens is 2. The van der Waals surface area contributed by atoms with Crippen molar-refractivity contribution in [2.24, 2.45) is 17.2 Å². The highest BCUT2D eigenvalue weighted by molar-refractivity contribution is 6.00. The van der Waals surface area contributed by atoms with Crippen molar-refractivity contribution < 1.29 is 14.0 Å². The molecular formula is C42H49FN12O2. The highest BCUT2D eigenvalue weighted by Gasteiger charge is 2.25. The average molecular weight is 773 g/mol. The van der Waals surface area contributed by atoms with Crippen molar-refractivity contribution in [1.29, 1.82) is 0 Å². The second-order valence-corrected chi connectivity index (χ2v) is 15.5. The molecule has 6 heterocycles. The van der Waals surface area contributed by atoms with E-state index in [2.05, 4.69) is 35.9 Å². The van der Waals surface area contributed by atoms with Crippen molar-refractivity contribution in [3.63, 3.8) is 0 Å². The lowest BCUT2D eigenvalue weighted by molar-refractivity contribution is 0.0937. The van der Waals surface area contributed by atoms with Gasteiger partial charge in [-0.25, -0.2) is 19.9 Å². The summed E-state index contributed by atoms with van der Waals surface area (Å²) in [6.45, 7) is 4.85. The molecule has 0 saturated heterocycles. The van der Waals surface area contributed by atoms with E-state index in [0.29, 0.717) is 47.8 Å². The largest absolute Gasteiger partial charge is 0.366 e. The zero-order valence-electron chi connectivity index (χ0n) is 32.2. The quantitative estimate of drug-likeness (QED) is 0.123. The summed E-state index contributed by atoms with van der Waals surface area (Å²) in [7, 11) is 0. The standard InChI is InChI=1S/C21H24N6O.C16H13FN4O.C5H12N2/c1-11-20(25-13-6-5-12(22)9-13)27-19-14(3-2-4-17(19)24-11)18-10-15-16(26-18)7-8-23-21(15)28;1-8-15(17)21-14-9(3-2-4-12(14)19-8)13-7-10-11(20-13)5-6-18-16(10)22;6-4-1-2-5(7)3-4/h2-4,10,12-13,26H,5-9,22H2,1H3,(H,23,28)(H,25,27);2-4,7,20H,5-6H2,1H3,(H,18,22);4-5H,1-3,6-7H2/t12-,13+;;4-,5+/m1../s1. The summed E-state index contributed by atoms with van der Waals surface area (Å²) in [5, 5.41) is 9.24. The minimum absolute atomic E-state index is 0.0224. The van der Waals surface area contributed by atoms with Gasteiger partial charge >= 0.3 is 0 Å². The van der Waals surface area contributed by atoms with Crippen LogP contribution in [-0.4, -0.2) is 79.0 Å². The van der Waals surface area contributed by atoms with Crippen molar-refractivity contribution >= 4 is 39.7 Å². The van der Waals surface area contributed by atoms with Crippen molar-refractivity contribution in [2.45, 2.75) is 89.4 Å². The third-order valence-electron chi connectivity index (χ3n) is 11.2. The first-order valence-corrected chi connectivity index (χ1v) is 19.7. The molecule has 15 heteroatoms. The number of hydrogen-bond donors (Lipinski definition) is 8. The van der Waals surface area contributed by atoms with E-state index < -0.39 is 5.95 Å². The summed E-state index contributed by atoms with van der Waals surface area (Å²) in [5.41, 5.74) is 27.7. The number of nitrogens with zero attached hydrogens (tertiary/aromatic N) is 4. The number of aromatic nitrogens is 6. The number of nitrogens with two attached hydrogens (primary N) is 3. The number of para-hydroxylation sites is 2. The third-order valence-corrected chi connectivity index (χ3v) is 11.2. The van der Waals surface area contributed by atoms with E-state index in [1.54, 1.807) is 19.1 Å². The maximum atomic E-state index is 13.8. The number of hydrogen-bond acceptors (Lipinski definition) is 10. The molecule has 2 aromatic carbocycles. The Morgan fingerprint density at radius 3 is 1.65 bits per heavy atom. The first-order valence-electron chi connectivity index (χ1n) is 19.7. The summed E-state index contributed by atoms with van der Waals surface area (Å²) < 4.78 is 13.8. The summed E-state index contributed by atoms with van der Waals surface area (Å²) in [6.07, 6.45) is 7.90. The molecular weight excluding hydrogens is 724 g/mol. The molecule has 11 N–H and O–H groups in total. The van der Waals surface area contributed by atoms with Crippen LogP contribution in [-0.2, 0) is 12.8 Å². The molecule has 0 radical (unpaired) electrons. The van der Waals surface area contributed by atoms with Gasteiger partial charge in [-0.3, -0.25) is 9.59 Å². The zero-order chi connectivity index (χ0) is 39.8. The number of amides is 2. The Balaban J connectivity index is 0.000000139. The molecule has 0 bridgehead atoms. The monoisotopic (exact) mass is 772 g/mol. The number of rotatable bonds is 4. The van der Waals surface area contributed by atoms with Gasteiger partial charge in [0, 0.05) is 84.0 Å². The Labute approximate surface area is 329 Å². The first kappa shape index (κ1) is 38.1. The summed E-state index contributed by atoms with van der Waals surface area (Å²) in [4.78, 5) is 48.6. The van der Waals surface area contributed by atoms with E-state index in [4.69, 9.17) is 27.2 Å². The van der Waals surface area contributed by atoms with Crippen molar-refractivity contribution in [2.75, 3.05) is 18.4 Å². The van der Waals surface area contributed by atoms with E-state index in [-0.39, 0.29) is 23.6 Å². The number of carbonyl (C=O) groups is 2. The normalized spacial score (nSPS) is 21.2. The molecule has 4 aliphatic rings. The molecule has 0 unspecified atom stereocenters. The van der Waals surface area contributed by atoms with Crippen LogP contribution in [0.1, 0.15) is 82.0 Å². The molecule has 4 atom stereocenters. The topological polar surface area (TPSA) is 231 Å². The average Bonchev–Trinajstić information content (AvgIpc) is 4.00. The van der Waals surface area contributed by atoms with E-state index in [9.17, 15) is 14.0 Å². The SMILES string of the molecule is Cc1nc2cccc(-c3cc4c([nH]3)CCNC4=O)c2nc1F.Cc1nc2cccc(-c3cc4c([nH]3)CCNC4=O)c2nc1N[C@H]1CC[C@@H](N)C1.N[C@@H]1CC[C@H](N)C1. The number of halogens is 1. The Morgan fingerprint density at radius 1 is 0.649 bits per heavy atom. The minimum Gasteiger partial charge on any atom is -0.366 e. The van der Waals surface area contributed by atoms with Crippen molar-refractivity contribution in [1.82, 2.24) is 40.5 Å². The van der Waals surface area contributed by atoms with Crippen LogP contribution in [0.4, 0.5) is 10.2 Å². The van der Waals surface area contributed by atoms with Crippen molar-refractivity contribution in [3.05, 3.63) is 88.4 Å². The van der Waals surface area contributed by atoms with Gasteiger partial charge in [-0.2, -0.15) is 4.39 Å². The van der Waals surface area contributed by atoms with Gasteiger partial charge in [0.05, 0.1) is 33.5 Å². The molecule has 2 aliphatic carbocycles. The van der Waals surface area contributed by atoms with E-state index in [1.165, 1.54) is 0 Å². The number of fused-ring (bicyclic) bond motifs is 4. The highest BCUT2D eigenvalue weighted by Crippen LogP contribution is 2.32. The van der Waals surface area contributed by atoms with Crippen LogP contribution in [0.15, 0.2) is 48.5 Å². The van der Waals surface area contributed by atoms with Gasteiger partial charge in [0.15, 0.2) is 0 Å². The lowest BCUT2D eigenvalue weighted by atomic mass is 10.1. The van der Waals surface area contributed by atoms with E-state index >= 15 is 0 Å². The summed E-state index contributed by atoms with van der Waals surface area (Å²) in [5.74, 6) is 0.130. The molecule has 14 nitrogen and oxygen atoms in total. The molecule has 296 valence electrons. The van der Waals surface area contributed by atoms with E-state index in [0.717, 1.165) is 113 Å². The van der Waals surface area contributed by atoms with Crippen LogP contribution >= 0.6 is 0 Å². The van der Waals surface area contributed by atoms with Crippen LogP contribution in [0, 0.1) is 19.8 Å². The van der Waals surface area contributed by atoms with Gasteiger partial charge < -0.3 is 43.1 Å². The molecule has 10 rings (SSSR count). The van der Waals surface area contributed by atoms with Gasteiger partial charge in [-0.15, -0.1) is 0 Å². The van der Waals surface area contributed by atoms with Gasteiger partial charge in [0.25, 0.3) is 11.8 Å². The Bertz CT molecular complexity index is 2470. The maximum absolute atomic E-state index is 13.8. The number of aromatic amines is 2. The van der Waals surface area contributed by atoms with Gasteiger partial charge in [0.2, 0.25) is 5.95 Å². The number of benzene rings is 2. The van der Waals surface area contributed by atoms with E-state index in [1.807, 2.05) is 43.3 Å². The van der Waals surface area contributed by atoms with Crippen LogP contribution in [0.25, 0.3) is 44.6 Å². The lowest BCUT2D eigenvalue weighted by Crippen LogP contribution is -2.31. The number of carbonyl (C=O) groups excluding carboxylic acids is 2. The minimum atomic E-state index is -0.575. The Morgan fingerprint density at radius 2 is 1.16 bits per heavy atom. The Hall–Kier alpha value is -5.77. The van der Waals surface area contributed by atoms with Crippen LogP contribution in [0.2, 0.25) is 0 Å². The number of anilines is 1. The van der Waals surface area contributed by atoms with Gasteiger partial charge in [0.1, 0.15) is 16.9 Å². The second kappa shape index (κ2) is 16.0. The first-order chi connectivity index (χ1) is 27.5. The zero-order valence-corrected chi connectivity index (χ0v) is 32.2. The van der Waals surface area contributed by atoms with Gasteiger partial charge in [-0.1, -0.05) is 24.3 Å². The molecule has 2 fully saturated rings. The van der Waals surface area contributed by atoms with Crippen LogP contribution in [0.5, 0.6) is 0 Å². The predicted molar refractivity (Wildman–Crippen MR) is 219 cm³/mol. The van der Waals surface area contributed by atoms with Crippen molar-refractivity contribution in [3.8, 4) is 22.5 Å². The summed E-state index contributed by atoms with van der Waals surface area (Å²) in [6, 6.07) is 16.6. The molecule has 6 aromatic rings. The van der Waals surface area contributed by atoms with Crippen LogP contribution < -0.4 is 33.2 Å². The molecule has 4 aromatic heterocycles. The predicted octanol–water partition coefficient (Wildman–Crippen LogP) is 4.69. The fourth-order valence-electron chi connectivity index (χ4n) is 8.15. The fourth-order valence-corrected chi connectivity index (χ4v) is 8.15. The molecule has 2 saturated carbocycles.